The van der Waals surface area contributed by atoms with E-state index in [1.54, 1.807) is 36.4 Å². The van der Waals surface area contributed by atoms with Crippen molar-refractivity contribution in [1.29, 1.82) is 0 Å². The third kappa shape index (κ3) is 20.7. The minimum absolute atomic E-state index is 0.280. The highest BCUT2D eigenvalue weighted by Gasteiger charge is 1.91. The summed E-state index contributed by atoms with van der Waals surface area (Å²) in [7, 11) is 0. The Balaban J connectivity index is 0. The van der Waals surface area contributed by atoms with E-state index in [4.69, 9.17) is 10.2 Å². The number of thiol groups is 1. The van der Waals surface area contributed by atoms with Crippen LogP contribution in [0.15, 0.2) is 58.3 Å². The fraction of sp³-hybridized carbons (Fsp3) is 0.500. The highest BCUT2D eigenvalue weighted by Crippen LogP contribution is 2.20. The van der Waals surface area contributed by atoms with Crippen molar-refractivity contribution in [2.75, 3.05) is 29.8 Å². The van der Waals surface area contributed by atoms with Crippen LogP contribution in [0.25, 0.3) is 0 Å². The molecule has 0 saturated carbocycles. The molecule has 2 N–H and O–H groups in total. The number of thioether (sulfide) groups is 1. The molecule has 3 nitrogen and oxygen atoms in total. The zero-order valence-corrected chi connectivity index (χ0v) is 23.0. The topological polar surface area (TPSA) is 43.7 Å². The Morgan fingerprint density at radius 1 is 0.767 bits per heavy atom. The summed E-state index contributed by atoms with van der Waals surface area (Å²) >= 11 is 8.19. The smallest absolute Gasteiger partial charge is 0.115 e. The number of rotatable bonds is 7. The molecule has 0 aliphatic heterocycles. The van der Waals surface area contributed by atoms with Gasteiger partial charge in [0.25, 0.3) is 0 Å². The summed E-state index contributed by atoms with van der Waals surface area (Å²) < 4.78 is 1.29. The van der Waals surface area contributed by atoms with Crippen LogP contribution in [0.4, 0.5) is 0 Å². The van der Waals surface area contributed by atoms with Gasteiger partial charge < -0.3 is 15.1 Å². The largest absolute Gasteiger partial charge is 0.508 e. The van der Waals surface area contributed by atoms with Crippen LogP contribution in [-0.4, -0.2) is 44.9 Å². The maximum Gasteiger partial charge on any atom is 0.115 e. The maximum absolute atomic E-state index is 8.97. The van der Waals surface area contributed by atoms with Crippen LogP contribution in [-0.2, 0) is 0 Å². The average Bonchev–Trinajstić information content (AvgIpc) is 2.78. The summed E-state index contributed by atoms with van der Waals surface area (Å²) in [6.45, 7) is 14.5. The third-order valence-electron chi connectivity index (χ3n) is 3.69. The Hall–Kier alpha value is -0.570. The summed E-state index contributed by atoms with van der Waals surface area (Å²) in [5, 5.41) is 17.7. The Morgan fingerprint density at radius 2 is 1.17 bits per heavy atom. The average molecular weight is 566 g/mol. The maximum atomic E-state index is 8.97. The number of halogens is 1. The first-order valence-corrected chi connectivity index (χ1v) is 13.5. The number of hydrogen-bond donors (Lipinski definition) is 3. The van der Waals surface area contributed by atoms with Crippen LogP contribution in [0.2, 0.25) is 0 Å². The van der Waals surface area contributed by atoms with Crippen molar-refractivity contribution in [3.63, 3.8) is 0 Å². The van der Waals surface area contributed by atoms with Gasteiger partial charge in [-0.15, -0.1) is 24.4 Å². The minimum atomic E-state index is 0.280. The van der Waals surface area contributed by atoms with Crippen LogP contribution in [0, 0.1) is 0 Å². The molecule has 30 heavy (non-hydrogen) atoms. The fourth-order valence-corrected chi connectivity index (χ4v) is 2.80. The van der Waals surface area contributed by atoms with Gasteiger partial charge in [-0.3, -0.25) is 0 Å². The van der Waals surface area contributed by atoms with E-state index in [9.17, 15) is 0 Å². The lowest BCUT2D eigenvalue weighted by atomic mass is 10.3. The molecule has 0 amide bonds. The molecule has 2 aromatic carbocycles. The van der Waals surface area contributed by atoms with Gasteiger partial charge in [0.15, 0.2) is 0 Å². The molecule has 0 heterocycles. The summed E-state index contributed by atoms with van der Waals surface area (Å²) in [5.74, 6) is 1.76. The molecule has 0 unspecified atom stereocenters. The second kappa shape index (κ2) is 23.1. The predicted octanol–water partition coefficient (Wildman–Crippen LogP) is 7.75. The first kappa shape index (κ1) is 31.6. The van der Waals surface area contributed by atoms with Gasteiger partial charge in [-0.2, -0.15) is 0 Å². The second-order valence-corrected chi connectivity index (χ2v) is 8.93. The van der Waals surface area contributed by atoms with Gasteiger partial charge in [0.05, 0.1) is 0 Å². The van der Waals surface area contributed by atoms with E-state index in [2.05, 4.69) is 74.7 Å². The van der Waals surface area contributed by atoms with Gasteiger partial charge >= 0.3 is 0 Å². The standard InChI is InChI=1S/C9H12OS.C6H15N.C6H6OS.C3H7I/c1-2-7-11-9-5-3-8(10)4-6-9;1-4-7(5-2)6-3;7-5-1-3-6(8)4-2-5;1-2-3-4/h3-6,10H,2,7H2,1H3;4-6H2,1-3H3;1-4,7-8H;2-3H2,1H3. The molecule has 0 aliphatic carbocycles. The Morgan fingerprint density at radius 3 is 1.43 bits per heavy atom. The van der Waals surface area contributed by atoms with Crippen molar-refractivity contribution in [1.82, 2.24) is 4.90 Å². The van der Waals surface area contributed by atoms with Crippen LogP contribution in [0.3, 0.4) is 0 Å². The normalized spacial score (nSPS) is 9.47. The summed E-state index contributed by atoms with van der Waals surface area (Å²) in [6, 6.07) is 14.0. The first-order valence-electron chi connectivity index (χ1n) is 10.6. The second-order valence-electron chi connectivity index (χ2n) is 6.17. The molecule has 0 atom stereocenters. The summed E-state index contributed by atoms with van der Waals surface area (Å²) in [5.41, 5.74) is 0. The van der Waals surface area contributed by atoms with Gasteiger partial charge in [-0.1, -0.05) is 57.2 Å². The van der Waals surface area contributed by atoms with Crippen LogP contribution >= 0.6 is 47.0 Å². The van der Waals surface area contributed by atoms with Gasteiger partial charge in [0, 0.05) is 9.79 Å². The van der Waals surface area contributed by atoms with E-state index in [0.29, 0.717) is 5.75 Å². The molecular weight excluding hydrogens is 525 g/mol. The zero-order chi connectivity index (χ0) is 23.2. The molecule has 0 radical (unpaired) electrons. The number of benzene rings is 2. The van der Waals surface area contributed by atoms with E-state index in [1.165, 1.54) is 41.8 Å². The third-order valence-corrected chi connectivity index (χ3v) is 6.28. The first-order chi connectivity index (χ1) is 14.4. The molecule has 0 fully saturated rings. The Labute approximate surface area is 208 Å². The highest BCUT2D eigenvalue weighted by molar-refractivity contribution is 14.1. The number of phenolic OH excluding ortho intramolecular Hbond substituents is 2. The van der Waals surface area contributed by atoms with Gasteiger partial charge in [-0.05, 0) is 91.2 Å². The highest BCUT2D eigenvalue weighted by atomic mass is 127. The lowest BCUT2D eigenvalue weighted by Gasteiger charge is -2.13. The SMILES string of the molecule is CCCI.CCCSc1ccc(O)cc1.CCN(CC)CC.Oc1ccc(S)cc1. The zero-order valence-electron chi connectivity index (χ0n) is 19.1. The van der Waals surface area contributed by atoms with Crippen LogP contribution in [0.5, 0.6) is 11.5 Å². The van der Waals surface area contributed by atoms with E-state index in [0.717, 1.165) is 10.6 Å². The monoisotopic (exact) mass is 565 g/mol. The van der Waals surface area contributed by atoms with Crippen LogP contribution < -0.4 is 0 Å². The van der Waals surface area contributed by atoms with Gasteiger partial charge in [0.2, 0.25) is 0 Å². The number of phenols is 2. The van der Waals surface area contributed by atoms with Crippen molar-refractivity contribution in [2.24, 2.45) is 0 Å². The molecule has 0 bridgehead atoms. The molecule has 2 aromatic rings. The summed E-state index contributed by atoms with van der Waals surface area (Å²) in [4.78, 5) is 4.47. The molecule has 0 spiro atoms. The van der Waals surface area contributed by atoms with Gasteiger partial charge in [0.1, 0.15) is 11.5 Å². The lowest BCUT2D eigenvalue weighted by Crippen LogP contribution is -2.21. The van der Waals surface area contributed by atoms with E-state index in [1.807, 2.05) is 23.9 Å². The number of aromatic hydroxyl groups is 2. The van der Waals surface area contributed by atoms with Crippen molar-refractivity contribution < 1.29 is 10.2 Å². The van der Waals surface area contributed by atoms with Gasteiger partial charge in [-0.25, -0.2) is 0 Å². The summed E-state index contributed by atoms with van der Waals surface area (Å²) in [6.07, 6.45) is 2.49. The molecule has 172 valence electrons. The van der Waals surface area contributed by atoms with E-state index >= 15 is 0 Å². The van der Waals surface area contributed by atoms with E-state index in [-0.39, 0.29) is 5.75 Å². The minimum Gasteiger partial charge on any atom is -0.508 e. The van der Waals surface area contributed by atoms with E-state index < -0.39 is 0 Å². The van der Waals surface area contributed by atoms with Crippen LogP contribution in [0.1, 0.15) is 47.5 Å². The fourth-order valence-electron chi connectivity index (χ4n) is 1.89. The Bertz CT molecular complexity index is 563. The molecular formula is C24H40INO2S2. The molecule has 0 aliphatic rings. The Kier molecular flexibility index (Phi) is 24.3. The predicted molar refractivity (Wildman–Crippen MR) is 147 cm³/mol. The quantitative estimate of drug-likeness (QED) is 0.139. The molecule has 2 rings (SSSR count). The molecule has 0 saturated heterocycles. The van der Waals surface area contributed by atoms with Crippen molar-refractivity contribution in [2.45, 2.75) is 57.3 Å². The lowest BCUT2D eigenvalue weighted by molar-refractivity contribution is 0.321. The molecule has 0 aromatic heterocycles. The van der Waals surface area contributed by atoms with Crippen molar-refractivity contribution in [3.8, 4) is 11.5 Å². The number of alkyl halides is 1. The number of hydrogen-bond acceptors (Lipinski definition) is 5. The van der Waals surface area contributed by atoms with Crippen molar-refractivity contribution in [3.05, 3.63) is 48.5 Å². The van der Waals surface area contributed by atoms with Crippen molar-refractivity contribution >= 4 is 47.0 Å². The number of nitrogens with zero attached hydrogens (tertiary/aromatic N) is 1. The molecule has 6 heteroatoms.